The van der Waals surface area contributed by atoms with Gasteiger partial charge in [-0.1, -0.05) is 30.4 Å². The molecule has 0 atom stereocenters. The SMILES string of the molecule is COc1ccc(C(N)=S)c(NCc2ccccc2F)c1. The van der Waals surface area contributed by atoms with Gasteiger partial charge in [0.2, 0.25) is 0 Å². The fraction of sp³-hybridized carbons (Fsp3) is 0.133. The van der Waals surface area contributed by atoms with Gasteiger partial charge in [0.1, 0.15) is 16.6 Å². The van der Waals surface area contributed by atoms with Gasteiger partial charge < -0.3 is 15.8 Å². The van der Waals surface area contributed by atoms with E-state index < -0.39 is 0 Å². The lowest BCUT2D eigenvalue weighted by Crippen LogP contribution is -2.13. The summed E-state index contributed by atoms with van der Waals surface area (Å²) in [7, 11) is 1.58. The smallest absolute Gasteiger partial charge is 0.128 e. The lowest BCUT2D eigenvalue weighted by Gasteiger charge is -2.13. The van der Waals surface area contributed by atoms with E-state index in [0.29, 0.717) is 23.4 Å². The molecule has 2 aromatic carbocycles. The van der Waals surface area contributed by atoms with E-state index in [1.165, 1.54) is 6.07 Å². The van der Waals surface area contributed by atoms with Crippen LogP contribution < -0.4 is 15.8 Å². The van der Waals surface area contributed by atoms with Crippen LogP contribution in [0.15, 0.2) is 42.5 Å². The second-order valence-electron chi connectivity index (χ2n) is 4.22. The topological polar surface area (TPSA) is 47.3 Å². The molecule has 0 aliphatic heterocycles. The summed E-state index contributed by atoms with van der Waals surface area (Å²) in [6, 6.07) is 12.0. The second kappa shape index (κ2) is 6.34. The largest absolute Gasteiger partial charge is 0.497 e. The number of anilines is 1. The van der Waals surface area contributed by atoms with Crippen molar-refractivity contribution in [1.82, 2.24) is 0 Å². The van der Waals surface area contributed by atoms with Crippen LogP contribution in [0.3, 0.4) is 0 Å². The van der Waals surface area contributed by atoms with Crippen molar-refractivity contribution >= 4 is 22.9 Å². The Morgan fingerprint density at radius 3 is 2.70 bits per heavy atom. The summed E-state index contributed by atoms with van der Waals surface area (Å²) < 4.78 is 18.7. The molecule has 0 bridgehead atoms. The number of methoxy groups -OCH3 is 1. The quantitative estimate of drug-likeness (QED) is 0.831. The number of benzene rings is 2. The van der Waals surface area contributed by atoms with Crippen molar-refractivity contribution in [2.45, 2.75) is 6.54 Å². The zero-order valence-electron chi connectivity index (χ0n) is 11.0. The Morgan fingerprint density at radius 2 is 2.05 bits per heavy atom. The minimum Gasteiger partial charge on any atom is -0.497 e. The molecule has 0 amide bonds. The summed E-state index contributed by atoms with van der Waals surface area (Å²) in [4.78, 5) is 0.281. The van der Waals surface area contributed by atoms with Crippen LogP contribution in [0.4, 0.5) is 10.1 Å². The van der Waals surface area contributed by atoms with Gasteiger partial charge >= 0.3 is 0 Å². The summed E-state index contributed by atoms with van der Waals surface area (Å²) in [5.41, 5.74) is 7.68. The van der Waals surface area contributed by atoms with Crippen molar-refractivity contribution in [3.8, 4) is 5.75 Å². The molecule has 3 nitrogen and oxygen atoms in total. The van der Waals surface area contributed by atoms with E-state index in [9.17, 15) is 4.39 Å². The highest BCUT2D eigenvalue weighted by Gasteiger charge is 2.08. The van der Waals surface area contributed by atoms with Gasteiger partial charge in [-0.05, 0) is 18.2 Å². The predicted octanol–water partition coefficient (Wildman–Crippen LogP) is 3.08. The van der Waals surface area contributed by atoms with Crippen LogP contribution in [-0.4, -0.2) is 12.1 Å². The second-order valence-corrected chi connectivity index (χ2v) is 4.66. The highest BCUT2D eigenvalue weighted by atomic mass is 32.1. The Bertz CT molecular complexity index is 631. The highest BCUT2D eigenvalue weighted by molar-refractivity contribution is 7.80. The van der Waals surface area contributed by atoms with Crippen molar-refractivity contribution in [1.29, 1.82) is 0 Å². The number of hydrogen-bond donors (Lipinski definition) is 2. The molecule has 3 N–H and O–H groups in total. The number of nitrogens with one attached hydrogen (secondary N) is 1. The number of rotatable bonds is 5. The van der Waals surface area contributed by atoms with Gasteiger partial charge in [-0.2, -0.15) is 0 Å². The van der Waals surface area contributed by atoms with E-state index in [-0.39, 0.29) is 10.8 Å². The average Bonchev–Trinajstić information content (AvgIpc) is 2.46. The van der Waals surface area contributed by atoms with Gasteiger partial charge in [-0.25, -0.2) is 4.39 Å². The molecular formula is C15H15FN2OS. The lowest BCUT2D eigenvalue weighted by molar-refractivity contribution is 0.415. The molecule has 0 fully saturated rings. The first-order valence-corrected chi connectivity index (χ1v) is 6.47. The zero-order valence-corrected chi connectivity index (χ0v) is 11.8. The number of ether oxygens (including phenoxy) is 1. The maximum absolute atomic E-state index is 13.6. The molecule has 20 heavy (non-hydrogen) atoms. The van der Waals surface area contributed by atoms with Gasteiger partial charge in [0.15, 0.2) is 0 Å². The van der Waals surface area contributed by atoms with Crippen LogP contribution in [0.2, 0.25) is 0 Å². The Morgan fingerprint density at radius 1 is 1.30 bits per heavy atom. The lowest BCUT2D eigenvalue weighted by atomic mass is 10.1. The molecule has 0 unspecified atom stereocenters. The summed E-state index contributed by atoms with van der Waals surface area (Å²) in [6.07, 6.45) is 0. The summed E-state index contributed by atoms with van der Waals surface area (Å²) >= 11 is 5.01. The Kier molecular flexibility index (Phi) is 4.53. The summed E-state index contributed by atoms with van der Waals surface area (Å²) in [5.74, 6) is 0.431. The Labute approximate surface area is 122 Å². The predicted molar refractivity (Wildman–Crippen MR) is 82.6 cm³/mol. The monoisotopic (exact) mass is 290 g/mol. The first-order chi connectivity index (χ1) is 9.61. The Balaban J connectivity index is 2.24. The first-order valence-electron chi connectivity index (χ1n) is 6.07. The summed E-state index contributed by atoms with van der Waals surface area (Å²) in [6.45, 7) is 0.343. The average molecular weight is 290 g/mol. The number of halogens is 1. The number of thiocarbonyl (C=S) groups is 1. The van der Waals surface area contributed by atoms with Crippen LogP contribution in [0.5, 0.6) is 5.75 Å². The molecule has 0 heterocycles. The fourth-order valence-corrected chi connectivity index (χ4v) is 2.02. The third-order valence-electron chi connectivity index (χ3n) is 2.92. The third kappa shape index (κ3) is 3.24. The molecule has 0 radical (unpaired) electrons. The van der Waals surface area contributed by atoms with Gasteiger partial charge in [0.25, 0.3) is 0 Å². The first kappa shape index (κ1) is 14.3. The molecule has 0 spiro atoms. The fourth-order valence-electron chi connectivity index (χ4n) is 1.84. The molecule has 0 saturated heterocycles. The van der Waals surface area contributed by atoms with Gasteiger partial charge in [0.05, 0.1) is 7.11 Å². The number of nitrogens with two attached hydrogens (primary N) is 1. The van der Waals surface area contributed by atoms with Crippen LogP contribution in [0, 0.1) is 5.82 Å². The standard InChI is InChI=1S/C15H15FN2OS/c1-19-11-6-7-12(15(17)20)14(8-11)18-9-10-4-2-3-5-13(10)16/h2-8,18H,9H2,1H3,(H2,17,20). The van der Waals surface area contributed by atoms with E-state index in [0.717, 1.165) is 5.69 Å². The zero-order chi connectivity index (χ0) is 14.5. The van der Waals surface area contributed by atoms with Crippen LogP contribution in [0.25, 0.3) is 0 Å². The number of hydrogen-bond acceptors (Lipinski definition) is 3. The molecule has 2 rings (SSSR count). The van der Waals surface area contributed by atoms with E-state index in [2.05, 4.69) is 5.32 Å². The Hall–Kier alpha value is -2.14. The van der Waals surface area contributed by atoms with Crippen molar-refractivity contribution in [2.75, 3.05) is 12.4 Å². The summed E-state index contributed by atoms with van der Waals surface area (Å²) in [5, 5.41) is 3.14. The maximum atomic E-state index is 13.6. The van der Waals surface area contributed by atoms with Crippen LogP contribution in [0.1, 0.15) is 11.1 Å². The molecule has 0 aliphatic rings. The highest BCUT2D eigenvalue weighted by Crippen LogP contribution is 2.23. The molecule has 0 aromatic heterocycles. The molecule has 104 valence electrons. The minimum atomic E-state index is -0.250. The van der Waals surface area contributed by atoms with E-state index in [1.807, 2.05) is 0 Å². The van der Waals surface area contributed by atoms with Crippen molar-refractivity contribution in [3.05, 3.63) is 59.4 Å². The minimum absolute atomic E-state index is 0.250. The van der Waals surface area contributed by atoms with Crippen LogP contribution >= 0.6 is 12.2 Å². The molecule has 2 aromatic rings. The maximum Gasteiger partial charge on any atom is 0.128 e. The van der Waals surface area contributed by atoms with Crippen LogP contribution in [-0.2, 0) is 6.54 Å². The van der Waals surface area contributed by atoms with Crippen molar-refractivity contribution < 1.29 is 9.13 Å². The molecule has 5 heteroatoms. The van der Waals surface area contributed by atoms with Crippen molar-refractivity contribution in [3.63, 3.8) is 0 Å². The van der Waals surface area contributed by atoms with Gasteiger partial charge in [-0.15, -0.1) is 0 Å². The third-order valence-corrected chi connectivity index (χ3v) is 3.14. The van der Waals surface area contributed by atoms with E-state index in [1.54, 1.807) is 43.5 Å². The van der Waals surface area contributed by atoms with E-state index >= 15 is 0 Å². The molecule has 0 saturated carbocycles. The molecule has 0 aliphatic carbocycles. The molecular weight excluding hydrogens is 275 g/mol. The van der Waals surface area contributed by atoms with E-state index in [4.69, 9.17) is 22.7 Å². The van der Waals surface area contributed by atoms with Gasteiger partial charge in [-0.3, -0.25) is 0 Å². The van der Waals surface area contributed by atoms with Gasteiger partial charge in [0, 0.05) is 29.4 Å². The normalized spacial score (nSPS) is 10.1. The van der Waals surface area contributed by atoms with Crippen molar-refractivity contribution in [2.24, 2.45) is 5.73 Å².